The minimum atomic E-state index is -0.542. The van der Waals surface area contributed by atoms with Crippen molar-refractivity contribution in [2.24, 2.45) is 0 Å². The molecule has 2 N–H and O–H groups in total. The highest BCUT2D eigenvalue weighted by Gasteiger charge is 1.98. The molecule has 1 atom stereocenters. The monoisotopic (exact) mass is 170 g/mol. The van der Waals surface area contributed by atoms with E-state index in [1.807, 2.05) is 25.2 Å². The summed E-state index contributed by atoms with van der Waals surface area (Å²) in [5.74, 6) is 0. The second-order valence-electron chi connectivity index (χ2n) is 2.72. The summed E-state index contributed by atoms with van der Waals surface area (Å²) in [6.07, 6.45) is 10.0. The molecule has 0 fully saturated rings. The summed E-state index contributed by atoms with van der Waals surface area (Å²) in [5, 5.41) is 17.5. The number of aliphatic hydroxyl groups excluding tert-OH is 2. The van der Waals surface area contributed by atoms with Crippen molar-refractivity contribution >= 4 is 0 Å². The smallest absolute Gasteiger partial charge is 0.0771 e. The van der Waals surface area contributed by atoms with E-state index >= 15 is 0 Å². The number of hydrogen-bond donors (Lipinski definition) is 2. The van der Waals surface area contributed by atoms with Gasteiger partial charge in [-0.2, -0.15) is 0 Å². The third-order valence-corrected chi connectivity index (χ3v) is 1.56. The van der Waals surface area contributed by atoms with Crippen LogP contribution in [0.1, 0.15) is 26.2 Å². The number of hydrogen-bond acceptors (Lipinski definition) is 2. The predicted octanol–water partition coefficient (Wildman–Crippen LogP) is 1.64. The van der Waals surface area contributed by atoms with Crippen LogP contribution in [-0.4, -0.2) is 22.9 Å². The molecule has 0 spiro atoms. The molecule has 0 saturated carbocycles. The first-order valence-electron chi connectivity index (χ1n) is 4.38. The lowest BCUT2D eigenvalue weighted by molar-refractivity contribution is 0.0868. The predicted molar refractivity (Wildman–Crippen MR) is 50.9 cm³/mol. The Labute approximate surface area is 74.2 Å². The van der Waals surface area contributed by atoms with Crippen molar-refractivity contribution in [1.29, 1.82) is 0 Å². The molecule has 12 heavy (non-hydrogen) atoms. The Morgan fingerprint density at radius 2 is 2.08 bits per heavy atom. The van der Waals surface area contributed by atoms with Crippen LogP contribution in [0.3, 0.4) is 0 Å². The topological polar surface area (TPSA) is 40.5 Å². The van der Waals surface area contributed by atoms with Crippen LogP contribution in [0, 0.1) is 0 Å². The number of rotatable bonds is 6. The molecule has 0 aliphatic carbocycles. The van der Waals surface area contributed by atoms with Gasteiger partial charge in [-0.3, -0.25) is 0 Å². The molecule has 0 aromatic rings. The maximum absolute atomic E-state index is 8.97. The van der Waals surface area contributed by atoms with E-state index in [0.29, 0.717) is 6.42 Å². The van der Waals surface area contributed by atoms with E-state index < -0.39 is 6.10 Å². The van der Waals surface area contributed by atoms with Crippen LogP contribution in [0.5, 0.6) is 0 Å². The van der Waals surface area contributed by atoms with Crippen molar-refractivity contribution in [3.8, 4) is 0 Å². The maximum atomic E-state index is 8.97. The van der Waals surface area contributed by atoms with Crippen LogP contribution in [-0.2, 0) is 0 Å². The maximum Gasteiger partial charge on any atom is 0.0771 e. The molecule has 2 nitrogen and oxygen atoms in total. The minimum absolute atomic E-state index is 0.126. The van der Waals surface area contributed by atoms with Gasteiger partial charge in [-0.1, -0.05) is 24.3 Å². The second-order valence-corrected chi connectivity index (χ2v) is 2.72. The Hall–Kier alpha value is -0.600. The summed E-state index contributed by atoms with van der Waals surface area (Å²) < 4.78 is 0. The lowest BCUT2D eigenvalue weighted by atomic mass is 10.1. The molecule has 1 unspecified atom stereocenters. The molecule has 0 amide bonds. The average molecular weight is 170 g/mol. The van der Waals surface area contributed by atoms with Gasteiger partial charge in [0, 0.05) is 0 Å². The fourth-order valence-electron chi connectivity index (χ4n) is 0.849. The third kappa shape index (κ3) is 7.51. The Morgan fingerprint density at radius 3 is 2.67 bits per heavy atom. The van der Waals surface area contributed by atoms with Crippen molar-refractivity contribution in [3.63, 3.8) is 0 Å². The first kappa shape index (κ1) is 11.4. The van der Waals surface area contributed by atoms with Gasteiger partial charge in [0.05, 0.1) is 12.7 Å². The van der Waals surface area contributed by atoms with Crippen LogP contribution >= 0.6 is 0 Å². The molecule has 2 heteroatoms. The molecule has 0 aliphatic rings. The summed E-state index contributed by atoms with van der Waals surface area (Å²) in [5.41, 5.74) is 0. The largest absolute Gasteiger partial charge is 0.394 e. The Balaban J connectivity index is 3.20. The molecule has 0 aliphatic heterocycles. The van der Waals surface area contributed by atoms with Crippen molar-refractivity contribution in [2.45, 2.75) is 32.3 Å². The minimum Gasteiger partial charge on any atom is -0.394 e. The second kappa shape index (κ2) is 8.50. The lowest BCUT2D eigenvalue weighted by Gasteiger charge is -2.03. The highest BCUT2D eigenvalue weighted by Crippen LogP contribution is 2.00. The van der Waals surface area contributed by atoms with Crippen LogP contribution in [0.25, 0.3) is 0 Å². The lowest BCUT2D eigenvalue weighted by Crippen LogP contribution is -2.10. The van der Waals surface area contributed by atoms with Gasteiger partial charge in [0.25, 0.3) is 0 Å². The summed E-state index contributed by atoms with van der Waals surface area (Å²) in [6, 6.07) is 0. The van der Waals surface area contributed by atoms with Crippen LogP contribution in [0.15, 0.2) is 24.3 Å². The normalized spacial score (nSPS) is 14.6. The Bertz CT molecular complexity index is 139. The van der Waals surface area contributed by atoms with Gasteiger partial charge < -0.3 is 10.2 Å². The van der Waals surface area contributed by atoms with Gasteiger partial charge in [0.1, 0.15) is 0 Å². The third-order valence-electron chi connectivity index (χ3n) is 1.56. The van der Waals surface area contributed by atoms with E-state index in [1.54, 1.807) is 0 Å². The molecule has 0 aromatic heterocycles. The standard InChI is InChI=1S/C10H18O2/c1-2-3-4-5-6-7-8-10(12)9-11/h2-5,10-12H,6-9H2,1H3. The molecule has 0 saturated heterocycles. The van der Waals surface area contributed by atoms with Crippen molar-refractivity contribution < 1.29 is 10.2 Å². The van der Waals surface area contributed by atoms with Crippen molar-refractivity contribution in [1.82, 2.24) is 0 Å². The average Bonchev–Trinajstić information content (AvgIpc) is 2.10. The quantitative estimate of drug-likeness (QED) is 0.470. The van der Waals surface area contributed by atoms with Crippen LogP contribution in [0.2, 0.25) is 0 Å². The molecular formula is C10H18O2. The zero-order valence-electron chi connectivity index (χ0n) is 7.61. The van der Waals surface area contributed by atoms with E-state index in [0.717, 1.165) is 12.8 Å². The number of unbranched alkanes of at least 4 members (excludes halogenated alkanes) is 1. The van der Waals surface area contributed by atoms with Gasteiger partial charge in [-0.25, -0.2) is 0 Å². The molecule has 70 valence electrons. The molecule has 0 aromatic carbocycles. The van der Waals surface area contributed by atoms with Gasteiger partial charge in [-0.05, 0) is 26.2 Å². The number of allylic oxidation sites excluding steroid dienone is 4. The molecule has 0 heterocycles. The fourth-order valence-corrected chi connectivity index (χ4v) is 0.849. The molecular weight excluding hydrogens is 152 g/mol. The zero-order valence-corrected chi connectivity index (χ0v) is 7.61. The van der Waals surface area contributed by atoms with E-state index in [2.05, 4.69) is 6.08 Å². The van der Waals surface area contributed by atoms with Crippen LogP contribution < -0.4 is 0 Å². The molecule has 0 bridgehead atoms. The summed E-state index contributed by atoms with van der Waals surface area (Å²) in [6.45, 7) is 1.85. The van der Waals surface area contributed by atoms with Gasteiger partial charge >= 0.3 is 0 Å². The summed E-state index contributed by atoms with van der Waals surface area (Å²) >= 11 is 0. The van der Waals surface area contributed by atoms with Crippen molar-refractivity contribution in [3.05, 3.63) is 24.3 Å². The highest BCUT2D eigenvalue weighted by molar-refractivity contribution is 5.00. The molecule has 0 rings (SSSR count). The number of aliphatic hydroxyl groups is 2. The van der Waals surface area contributed by atoms with E-state index in [4.69, 9.17) is 10.2 Å². The van der Waals surface area contributed by atoms with E-state index in [1.165, 1.54) is 0 Å². The van der Waals surface area contributed by atoms with Crippen molar-refractivity contribution in [2.75, 3.05) is 6.61 Å². The van der Waals surface area contributed by atoms with E-state index in [-0.39, 0.29) is 6.61 Å². The Kier molecular flexibility index (Phi) is 8.07. The molecule has 0 radical (unpaired) electrons. The first-order chi connectivity index (χ1) is 5.81. The van der Waals surface area contributed by atoms with Crippen LogP contribution in [0.4, 0.5) is 0 Å². The fraction of sp³-hybridized carbons (Fsp3) is 0.600. The SMILES string of the molecule is CC=CC=CCCCC(O)CO. The van der Waals surface area contributed by atoms with E-state index in [9.17, 15) is 0 Å². The highest BCUT2D eigenvalue weighted by atomic mass is 16.3. The summed E-state index contributed by atoms with van der Waals surface area (Å²) in [7, 11) is 0. The van der Waals surface area contributed by atoms with Gasteiger partial charge in [0.2, 0.25) is 0 Å². The summed E-state index contributed by atoms with van der Waals surface area (Å²) in [4.78, 5) is 0. The zero-order chi connectivity index (χ0) is 9.23. The first-order valence-corrected chi connectivity index (χ1v) is 4.38. The Morgan fingerprint density at radius 1 is 1.33 bits per heavy atom. The van der Waals surface area contributed by atoms with Gasteiger partial charge in [-0.15, -0.1) is 0 Å². The van der Waals surface area contributed by atoms with Gasteiger partial charge in [0.15, 0.2) is 0 Å².